The summed E-state index contributed by atoms with van der Waals surface area (Å²) in [6.45, 7) is 3.68. The summed E-state index contributed by atoms with van der Waals surface area (Å²) in [4.78, 5) is 8.09. The first kappa shape index (κ1) is 9.64. The number of aromatic nitrogens is 4. The van der Waals surface area contributed by atoms with Crippen LogP contribution < -0.4 is 5.32 Å². The first-order valence-corrected chi connectivity index (χ1v) is 4.89. The Morgan fingerprint density at radius 3 is 2.93 bits per heavy atom. The molecule has 78 valence electrons. The number of nitrogens with one attached hydrogen (secondary N) is 1. The summed E-state index contributed by atoms with van der Waals surface area (Å²) in [6, 6.07) is 0. The van der Waals surface area contributed by atoms with E-state index in [1.165, 1.54) is 0 Å². The highest BCUT2D eigenvalue weighted by atomic mass is 15.3. The molecule has 0 aliphatic heterocycles. The summed E-state index contributed by atoms with van der Waals surface area (Å²) in [5, 5.41) is 7.36. The van der Waals surface area contributed by atoms with Crippen molar-refractivity contribution >= 4 is 5.82 Å². The smallest absolute Gasteiger partial charge is 0.144 e. The highest BCUT2D eigenvalue weighted by Gasteiger charge is 1.97. The van der Waals surface area contributed by atoms with Crippen LogP contribution in [0.3, 0.4) is 0 Å². The predicted octanol–water partition coefficient (Wildman–Crippen LogP) is 1.31. The van der Waals surface area contributed by atoms with Gasteiger partial charge in [-0.3, -0.25) is 9.67 Å². The topological polar surface area (TPSA) is 55.6 Å². The Morgan fingerprint density at radius 1 is 1.33 bits per heavy atom. The van der Waals surface area contributed by atoms with E-state index in [1.54, 1.807) is 18.6 Å². The molecule has 2 aromatic heterocycles. The van der Waals surface area contributed by atoms with Gasteiger partial charge < -0.3 is 5.32 Å². The molecule has 0 aromatic carbocycles. The van der Waals surface area contributed by atoms with Crippen LogP contribution in [0.25, 0.3) is 0 Å². The number of aryl methyl sites for hydroxylation is 1. The van der Waals surface area contributed by atoms with Gasteiger partial charge in [0.05, 0.1) is 12.4 Å². The number of anilines is 1. The van der Waals surface area contributed by atoms with Crippen LogP contribution in [-0.4, -0.2) is 19.7 Å². The quantitative estimate of drug-likeness (QED) is 0.813. The number of nitrogens with zero attached hydrogens (tertiary/aromatic N) is 4. The molecule has 0 atom stereocenters. The molecule has 0 saturated carbocycles. The molecule has 2 aromatic rings. The molecule has 0 aliphatic rings. The second-order valence-electron chi connectivity index (χ2n) is 3.15. The van der Waals surface area contributed by atoms with Crippen LogP contribution in [0.1, 0.15) is 12.5 Å². The van der Waals surface area contributed by atoms with Gasteiger partial charge in [-0.25, -0.2) is 4.98 Å². The highest BCUT2D eigenvalue weighted by molar-refractivity contribution is 5.30. The van der Waals surface area contributed by atoms with Crippen LogP contribution in [-0.2, 0) is 13.1 Å². The van der Waals surface area contributed by atoms with Crippen molar-refractivity contribution < 1.29 is 0 Å². The minimum Gasteiger partial charge on any atom is -0.365 e. The summed E-state index contributed by atoms with van der Waals surface area (Å²) in [7, 11) is 0. The van der Waals surface area contributed by atoms with Gasteiger partial charge in [0.25, 0.3) is 0 Å². The zero-order valence-electron chi connectivity index (χ0n) is 8.59. The summed E-state index contributed by atoms with van der Waals surface area (Å²) in [5.74, 6) is 0.779. The Balaban J connectivity index is 1.93. The fourth-order valence-electron chi connectivity index (χ4n) is 1.25. The van der Waals surface area contributed by atoms with E-state index in [4.69, 9.17) is 0 Å². The number of rotatable bonds is 4. The average Bonchev–Trinajstić information content (AvgIpc) is 2.76. The van der Waals surface area contributed by atoms with Crippen LogP contribution in [0.4, 0.5) is 5.82 Å². The van der Waals surface area contributed by atoms with E-state index in [9.17, 15) is 0 Å². The zero-order chi connectivity index (χ0) is 10.5. The van der Waals surface area contributed by atoms with E-state index in [0.29, 0.717) is 0 Å². The summed E-state index contributed by atoms with van der Waals surface area (Å²) < 4.78 is 1.90. The third-order valence-electron chi connectivity index (χ3n) is 2.05. The second kappa shape index (κ2) is 4.54. The van der Waals surface area contributed by atoms with Gasteiger partial charge in [-0.2, -0.15) is 5.10 Å². The molecule has 15 heavy (non-hydrogen) atoms. The molecule has 2 rings (SSSR count). The summed E-state index contributed by atoms with van der Waals surface area (Å²) >= 11 is 0. The van der Waals surface area contributed by atoms with Gasteiger partial charge in [0.2, 0.25) is 0 Å². The largest absolute Gasteiger partial charge is 0.365 e. The van der Waals surface area contributed by atoms with E-state index in [0.717, 1.165) is 24.5 Å². The normalized spacial score (nSPS) is 10.2. The molecule has 0 spiro atoms. The van der Waals surface area contributed by atoms with Crippen molar-refractivity contribution in [3.8, 4) is 0 Å². The fraction of sp³-hybridized carbons (Fsp3) is 0.300. The molecule has 5 nitrogen and oxygen atoms in total. The minimum absolute atomic E-state index is 0.721. The first-order valence-electron chi connectivity index (χ1n) is 4.89. The molecule has 0 radical (unpaired) electrons. The monoisotopic (exact) mass is 203 g/mol. The van der Waals surface area contributed by atoms with Gasteiger partial charge in [-0.1, -0.05) is 0 Å². The lowest BCUT2D eigenvalue weighted by atomic mass is 10.3. The summed E-state index contributed by atoms with van der Waals surface area (Å²) in [6.07, 6.45) is 8.89. The van der Waals surface area contributed by atoms with E-state index < -0.39 is 0 Å². The van der Waals surface area contributed by atoms with Gasteiger partial charge in [-0.05, 0) is 6.92 Å². The Labute approximate surface area is 88.2 Å². The first-order chi connectivity index (χ1) is 7.38. The SMILES string of the molecule is CCn1cc(CNc2cnccn2)cn1. The predicted molar refractivity (Wildman–Crippen MR) is 57.3 cm³/mol. The van der Waals surface area contributed by atoms with Gasteiger partial charge in [0.15, 0.2) is 0 Å². The molecular weight excluding hydrogens is 190 g/mol. The standard InChI is InChI=1S/C10H13N5/c1-2-15-8-9(6-14-15)5-13-10-7-11-3-4-12-10/h3-4,6-8H,2,5H2,1H3,(H,12,13). The number of hydrogen-bond acceptors (Lipinski definition) is 4. The second-order valence-corrected chi connectivity index (χ2v) is 3.15. The Kier molecular flexibility index (Phi) is 2.92. The van der Waals surface area contributed by atoms with Crippen molar-refractivity contribution in [3.05, 3.63) is 36.5 Å². The van der Waals surface area contributed by atoms with Crippen LogP contribution in [0.15, 0.2) is 31.0 Å². The minimum atomic E-state index is 0.721. The zero-order valence-corrected chi connectivity index (χ0v) is 8.59. The molecule has 5 heteroatoms. The Morgan fingerprint density at radius 2 is 2.27 bits per heavy atom. The van der Waals surface area contributed by atoms with Crippen LogP contribution in [0, 0.1) is 0 Å². The number of hydrogen-bond donors (Lipinski definition) is 1. The van der Waals surface area contributed by atoms with Gasteiger partial charge >= 0.3 is 0 Å². The van der Waals surface area contributed by atoms with Crippen molar-refractivity contribution in [2.24, 2.45) is 0 Å². The average molecular weight is 203 g/mol. The van der Waals surface area contributed by atoms with Crippen LogP contribution in [0.5, 0.6) is 0 Å². The molecule has 0 aliphatic carbocycles. The van der Waals surface area contributed by atoms with E-state index >= 15 is 0 Å². The van der Waals surface area contributed by atoms with Gasteiger partial charge in [0, 0.05) is 37.2 Å². The Bertz CT molecular complexity index is 409. The maximum Gasteiger partial charge on any atom is 0.144 e. The van der Waals surface area contributed by atoms with Crippen molar-refractivity contribution in [2.75, 3.05) is 5.32 Å². The van der Waals surface area contributed by atoms with Crippen molar-refractivity contribution in [1.82, 2.24) is 19.7 Å². The maximum atomic E-state index is 4.19. The van der Waals surface area contributed by atoms with Crippen molar-refractivity contribution in [3.63, 3.8) is 0 Å². The molecule has 0 amide bonds. The van der Waals surface area contributed by atoms with Crippen molar-refractivity contribution in [2.45, 2.75) is 20.0 Å². The van der Waals surface area contributed by atoms with Gasteiger partial charge in [0.1, 0.15) is 5.82 Å². The molecule has 0 bridgehead atoms. The van der Waals surface area contributed by atoms with Crippen LogP contribution in [0.2, 0.25) is 0 Å². The van der Waals surface area contributed by atoms with Crippen LogP contribution >= 0.6 is 0 Å². The van der Waals surface area contributed by atoms with E-state index in [1.807, 2.05) is 17.1 Å². The lowest BCUT2D eigenvalue weighted by Crippen LogP contribution is -2.00. The van der Waals surface area contributed by atoms with E-state index in [-0.39, 0.29) is 0 Å². The fourth-order valence-corrected chi connectivity index (χ4v) is 1.25. The van der Waals surface area contributed by atoms with E-state index in [2.05, 4.69) is 27.3 Å². The molecule has 1 N–H and O–H groups in total. The third kappa shape index (κ3) is 2.52. The van der Waals surface area contributed by atoms with Crippen molar-refractivity contribution in [1.29, 1.82) is 0 Å². The third-order valence-corrected chi connectivity index (χ3v) is 2.05. The lowest BCUT2D eigenvalue weighted by Gasteiger charge is -2.01. The highest BCUT2D eigenvalue weighted by Crippen LogP contribution is 2.03. The molecule has 0 saturated heterocycles. The molecular formula is C10H13N5. The summed E-state index contributed by atoms with van der Waals surface area (Å²) in [5.41, 5.74) is 1.14. The Hall–Kier alpha value is -1.91. The van der Waals surface area contributed by atoms with Gasteiger partial charge in [-0.15, -0.1) is 0 Å². The maximum absolute atomic E-state index is 4.19. The molecule has 0 unspecified atom stereocenters. The molecule has 0 fully saturated rings. The molecule has 2 heterocycles. The lowest BCUT2D eigenvalue weighted by molar-refractivity contribution is 0.659.